The van der Waals surface area contributed by atoms with Crippen molar-refractivity contribution < 1.29 is 9.94 Å². The van der Waals surface area contributed by atoms with E-state index >= 15 is 0 Å². The number of hydroxylamine groups is 2. The second-order valence-corrected chi connectivity index (χ2v) is 11.3. The van der Waals surface area contributed by atoms with Crippen molar-refractivity contribution in [3.8, 4) is 0 Å². The maximum absolute atomic E-state index is 10.2. The fourth-order valence-corrected chi connectivity index (χ4v) is 7.98. The van der Waals surface area contributed by atoms with Crippen LogP contribution in [0.25, 0.3) is 16.3 Å². The molecule has 5 aliphatic rings. The molecule has 5 atom stereocenters. The van der Waals surface area contributed by atoms with Crippen molar-refractivity contribution in [2.24, 2.45) is 11.3 Å². The molecule has 2 aromatic rings. The highest BCUT2D eigenvalue weighted by molar-refractivity contribution is 5.87. The summed E-state index contributed by atoms with van der Waals surface area (Å²) in [7, 11) is 1.79. The molecule has 1 saturated heterocycles. The van der Waals surface area contributed by atoms with Gasteiger partial charge in [-0.05, 0) is 84.7 Å². The Morgan fingerprint density at radius 2 is 2.06 bits per heavy atom. The quantitative estimate of drug-likeness (QED) is 0.575. The first-order chi connectivity index (χ1) is 15.9. The Kier molecular flexibility index (Phi) is 4.06. The van der Waals surface area contributed by atoms with Crippen molar-refractivity contribution >= 4 is 16.3 Å². The van der Waals surface area contributed by atoms with E-state index in [0.717, 1.165) is 44.9 Å². The number of benzene rings is 1. The molecule has 170 valence electrons. The molecule has 4 nitrogen and oxygen atoms in total. The first-order valence-electron chi connectivity index (χ1n) is 12.5. The number of hydrogen-bond acceptors (Lipinski definition) is 4. The van der Waals surface area contributed by atoms with Crippen LogP contribution in [0.2, 0.25) is 0 Å². The summed E-state index contributed by atoms with van der Waals surface area (Å²) in [6.07, 6.45) is 18.6. The molecule has 7 rings (SSSR count). The van der Waals surface area contributed by atoms with Crippen molar-refractivity contribution in [3.05, 3.63) is 71.6 Å². The van der Waals surface area contributed by atoms with Gasteiger partial charge in [-0.1, -0.05) is 37.3 Å². The lowest BCUT2D eigenvalue weighted by Crippen LogP contribution is -2.54. The molecule has 33 heavy (non-hydrogen) atoms. The average molecular weight is 441 g/mol. The van der Waals surface area contributed by atoms with E-state index < -0.39 is 0 Å². The van der Waals surface area contributed by atoms with Gasteiger partial charge in [0.15, 0.2) is 0 Å². The van der Waals surface area contributed by atoms with Gasteiger partial charge >= 0.3 is 0 Å². The second kappa shape index (κ2) is 6.65. The van der Waals surface area contributed by atoms with Crippen LogP contribution in [0.5, 0.6) is 0 Å². The molecule has 4 heteroatoms. The predicted molar refractivity (Wildman–Crippen MR) is 130 cm³/mol. The smallest absolute Gasteiger partial charge is 0.0980 e. The Morgan fingerprint density at radius 3 is 2.94 bits per heavy atom. The fraction of sp³-hybridized carbons (Fsp3) is 0.483. The minimum Gasteiger partial charge on any atom is -0.359 e. The summed E-state index contributed by atoms with van der Waals surface area (Å²) >= 11 is 0. The Morgan fingerprint density at radius 1 is 1.15 bits per heavy atom. The second-order valence-electron chi connectivity index (χ2n) is 11.3. The van der Waals surface area contributed by atoms with E-state index in [1.165, 1.54) is 38.1 Å². The summed E-state index contributed by atoms with van der Waals surface area (Å²) in [5, 5.41) is 14.0. The van der Waals surface area contributed by atoms with Crippen LogP contribution in [0.15, 0.2) is 66.0 Å². The van der Waals surface area contributed by atoms with Crippen molar-refractivity contribution in [1.82, 2.24) is 10.0 Å². The van der Waals surface area contributed by atoms with Gasteiger partial charge in [0.2, 0.25) is 0 Å². The highest BCUT2D eigenvalue weighted by atomic mass is 16.5. The van der Waals surface area contributed by atoms with Crippen LogP contribution in [0.3, 0.4) is 0 Å². The zero-order chi connectivity index (χ0) is 22.4. The summed E-state index contributed by atoms with van der Waals surface area (Å²) in [5.74, 6) is 0.453. The van der Waals surface area contributed by atoms with Gasteiger partial charge in [0.1, 0.15) is 0 Å². The lowest BCUT2D eigenvalue weighted by Gasteiger charge is -2.54. The first-order valence-corrected chi connectivity index (χ1v) is 12.5. The van der Waals surface area contributed by atoms with Gasteiger partial charge in [-0.25, -0.2) is 0 Å². The minimum atomic E-state index is -0.191. The van der Waals surface area contributed by atoms with Crippen LogP contribution in [0, 0.1) is 11.3 Å². The van der Waals surface area contributed by atoms with E-state index in [1.807, 2.05) is 12.4 Å². The molecule has 2 bridgehead atoms. The molecule has 2 aliphatic heterocycles. The number of hydrogen-bond donors (Lipinski definition) is 1. The van der Waals surface area contributed by atoms with E-state index in [4.69, 9.17) is 4.74 Å². The molecule has 1 N–H and O–H groups in total. The lowest BCUT2D eigenvalue weighted by atomic mass is 9.58. The Bertz CT molecular complexity index is 1260. The average Bonchev–Trinajstić information content (AvgIpc) is 3.33. The first kappa shape index (κ1) is 20.1. The Labute approximate surface area is 195 Å². The summed E-state index contributed by atoms with van der Waals surface area (Å²) < 4.78 is 7.28. The maximum atomic E-state index is 10.2. The molecule has 2 fully saturated rings. The van der Waals surface area contributed by atoms with Gasteiger partial charge in [-0.3, -0.25) is 4.98 Å². The van der Waals surface area contributed by atoms with Crippen LogP contribution >= 0.6 is 0 Å². The van der Waals surface area contributed by atoms with Crippen molar-refractivity contribution in [2.45, 2.75) is 69.1 Å². The van der Waals surface area contributed by atoms with Gasteiger partial charge in [-0.2, -0.15) is 5.06 Å². The molecule has 3 aliphatic carbocycles. The third-order valence-electron chi connectivity index (χ3n) is 9.72. The van der Waals surface area contributed by atoms with Crippen LogP contribution < -0.4 is 0 Å². The van der Waals surface area contributed by atoms with Gasteiger partial charge in [0.05, 0.1) is 11.2 Å². The fourth-order valence-electron chi connectivity index (χ4n) is 7.98. The lowest BCUT2D eigenvalue weighted by molar-refractivity contribution is -0.165. The van der Waals surface area contributed by atoms with E-state index in [1.54, 1.807) is 7.05 Å². The van der Waals surface area contributed by atoms with Gasteiger partial charge < -0.3 is 9.94 Å². The van der Waals surface area contributed by atoms with Crippen LogP contribution in [0.4, 0.5) is 0 Å². The topological polar surface area (TPSA) is 45.6 Å². The molecule has 0 amide bonds. The molecule has 1 unspecified atom stereocenters. The predicted octanol–water partition coefficient (Wildman–Crippen LogP) is 6.08. The van der Waals surface area contributed by atoms with Gasteiger partial charge in [0.25, 0.3) is 0 Å². The molecule has 3 heterocycles. The van der Waals surface area contributed by atoms with E-state index in [9.17, 15) is 5.21 Å². The van der Waals surface area contributed by atoms with Crippen molar-refractivity contribution in [2.75, 3.05) is 7.05 Å². The molecular weight excluding hydrogens is 408 g/mol. The zero-order valence-electron chi connectivity index (χ0n) is 19.6. The van der Waals surface area contributed by atoms with Crippen LogP contribution in [-0.2, 0) is 4.74 Å². The molecule has 2 spiro atoms. The summed E-state index contributed by atoms with van der Waals surface area (Å²) in [5.41, 5.74) is 5.39. The maximum Gasteiger partial charge on any atom is 0.0980 e. The molecule has 0 radical (unpaired) electrons. The van der Waals surface area contributed by atoms with Crippen LogP contribution in [0.1, 0.15) is 57.4 Å². The minimum absolute atomic E-state index is 0.0676. The number of allylic oxidation sites excluding steroid dienone is 3. The van der Waals surface area contributed by atoms with Crippen LogP contribution in [-0.4, -0.2) is 39.5 Å². The van der Waals surface area contributed by atoms with Gasteiger partial charge in [0, 0.05) is 42.2 Å². The van der Waals surface area contributed by atoms with E-state index in [0.29, 0.717) is 5.92 Å². The number of ether oxygens (including phenoxy) is 1. The number of nitrogens with zero attached hydrogens (tertiary/aromatic N) is 2. The normalized spacial score (nSPS) is 39.0. The SMILES string of the molecule is CN(O)[C@H]1CCC2=CC3=CC[C@]4(C)C(c5ccc6ccncc6c5)=CC[C@H]4[C@@]34CCC2(C1)O4. The van der Waals surface area contributed by atoms with E-state index in [2.05, 4.69) is 54.4 Å². The zero-order valence-corrected chi connectivity index (χ0v) is 19.6. The van der Waals surface area contributed by atoms with Gasteiger partial charge in [-0.15, -0.1) is 0 Å². The number of aromatic nitrogens is 1. The monoisotopic (exact) mass is 440 g/mol. The Hall–Kier alpha value is -2.27. The Balaban J connectivity index is 1.28. The standard InChI is InChI=1S/C29H32N2O2/c1-27-11-9-23-16-22-5-6-24(31(2)32)17-28(22)12-13-29(23,33-28)26(27)8-7-25(27)20-4-3-19-10-14-30-18-21(19)15-20/h3-4,7,9-10,14-16,18,24,26,32H,5-6,8,11-13,17H2,1-2H3/t24-,26+,27+,28?,29+/m0/s1. The summed E-state index contributed by atoms with van der Waals surface area (Å²) in [4.78, 5) is 4.34. The highest BCUT2D eigenvalue weighted by Gasteiger charge is 2.65. The summed E-state index contributed by atoms with van der Waals surface area (Å²) in [6.45, 7) is 2.46. The molecule has 1 aromatic heterocycles. The van der Waals surface area contributed by atoms with E-state index in [-0.39, 0.29) is 22.7 Å². The number of rotatable bonds is 2. The third kappa shape index (κ3) is 2.60. The van der Waals surface area contributed by atoms with Crippen molar-refractivity contribution in [1.29, 1.82) is 0 Å². The number of fused-ring (bicyclic) bond motifs is 2. The molecule has 1 saturated carbocycles. The highest BCUT2D eigenvalue weighted by Crippen LogP contribution is 2.67. The molecule has 1 aromatic carbocycles. The molecular formula is C29H32N2O2. The largest absolute Gasteiger partial charge is 0.359 e. The number of pyridine rings is 1. The summed E-state index contributed by atoms with van der Waals surface area (Å²) in [6, 6.07) is 9.10. The third-order valence-corrected chi connectivity index (χ3v) is 9.72. The van der Waals surface area contributed by atoms with Crippen molar-refractivity contribution in [3.63, 3.8) is 0 Å².